The summed E-state index contributed by atoms with van der Waals surface area (Å²) in [6.07, 6.45) is 1.24. The zero-order valence-corrected chi connectivity index (χ0v) is 14.8. The van der Waals surface area contributed by atoms with Gasteiger partial charge in [-0.2, -0.15) is 0 Å². The smallest absolute Gasteiger partial charge is 0.251 e. The van der Waals surface area contributed by atoms with Crippen molar-refractivity contribution in [2.45, 2.75) is 32.7 Å². The number of hydrogen-bond acceptors (Lipinski definition) is 3. The molecule has 0 aliphatic rings. The Kier molecular flexibility index (Phi) is 6.57. The fraction of sp³-hybridized carbons (Fsp3) is 0.300. The molecule has 2 rings (SSSR count). The molecule has 0 aliphatic heterocycles. The lowest BCUT2D eigenvalue weighted by Crippen LogP contribution is -2.26. The first kappa shape index (κ1) is 18.5. The number of nitrogens with one attached hydrogen (secondary N) is 2. The number of ether oxygens (including phenoxy) is 1. The van der Waals surface area contributed by atoms with Crippen LogP contribution in [0.4, 0.5) is 5.69 Å². The highest BCUT2D eigenvalue weighted by atomic mass is 16.5. The normalized spacial score (nSPS) is 11.5. The molecule has 0 aromatic heterocycles. The predicted octanol–water partition coefficient (Wildman–Crippen LogP) is 3.92. The Hall–Kier alpha value is -2.82. The Balaban J connectivity index is 2.05. The fourth-order valence-electron chi connectivity index (χ4n) is 2.46. The van der Waals surface area contributed by atoms with Crippen LogP contribution in [0.15, 0.2) is 48.5 Å². The van der Waals surface area contributed by atoms with Gasteiger partial charge < -0.3 is 15.4 Å². The highest BCUT2D eigenvalue weighted by molar-refractivity contribution is 5.97. The number of amides is 2. The molecular formula is C20H24N2O3. The maximum Gasteiger partial charge on any atom is 0.251 e. The average molecular weight is 340 g/mol. The number of carbonyl (C=O) groups is 2. The number of methoxy groups -OCH3 is 1. The van der Waals surface area contributed by atoms with Crippen molar-refractivity contribution in [2.75, 3.05) is 12.4 Å². The van der Waals surface area contributed by atoms with Gasteiger partial charge in [-0.3, -0.25) is 9.59 Å². The lowest BCUT2D eigenvalue weighted by molar-refractivity contribution is -0.116. The number of anilines is 1. The second-order valence-corrected chi connectivity index (χ2v) is 5.85. The molecule has 25 heavy (non-hydrogen) atoms. The molecule has 2 aromatic rings. The van der Waals surface area contributed by atoms with Crippen LogP contribution in [0.25, 0.3) is 0 Å². The van der Waals surface area contributed by atoms with Crippen LogP contribution in [0.2, 0.25) is 0 Å². The van der Waals surface area contributed by atoms with Crippen LogP contribution in [-0.4, -0.2) is 18.9 Å². The lowest BCUT2D eigenvalue weighted by Gasteiger charge is -2.15. The van der Waals surface area contributed by atoms with E-state index in [0.717, 1.165) is 17.7 Å². The second kappa shape index (κ2) is 8.87. The van der Waals surface area contributed by atoms with E-state index in [-0.39, 0.29) is 17.9 Å². The monoisotopic (exact) mass is 340 g/mol. The topological polar surface area (TPSA) is 67.4 Å². The van der Waals surface area contributed by atoms with Crippen LogP contribution < -0.4 is 15.4 Å². The van der Waals surface area contributed by atoms with Crippen molar-refractivity contribution in [2.24, 2.45) is 0 Å². The minimum Gasteiger partial charge on any atom is -0.497 e. The first-order valence-electron chi connectivity index (χ1n) is 8.38. The summed E-state index contributed by atoms with van der Waals surface area (Å²) in [5, 5.41) is 5.76. The molecule has 0 heterocycles. The molecule has 2 amide bonds. The summed E-state index contributed by atoms with van der Waals surface area (Å²) < 4.78 is 5.21. The first-order chi connectivity index (χ1) is 12.0. The zero-order valence-electron chi connectivity index (χ0n) is 14.8. The molecule has 5 heteroatoms. The average Bonchev–Trinajstić information content (AvgIpc) is 2.62. The van der Waals surface area contributed by atoms with Crippen LogP contribution in [-0.2, 0) is 4.79 Å². The van der Waals surface area contributed by atoms with Gasteiger partial charge in [0.05, 0.1) is 13.2 Å². The number of hydrogen-bond donors (Lipinski definition) is 2. The molecule has 0 radical (unpaired) electrons. The first-order valence-corrected chi connectivity index (χ1v) is 8.38. The third-order valence-electron chi connectivity index (χ3n) is 3.83. The van der Waals surface area contributed by atoms with Crippen LogP contribution in [0.1, 0.15) is 48.7 Å². The number of rotatable bonds is 7. The number of benzene rings is 2. The van der Waals surface area contributed by atoms with Gasteiger partial charge in [-0.15, -0.1) is 0 Å². The van der Waals surface area contributed by atoms with Gasteiger partial charge in [0.2, 0.25) is 5.91 Å². The molecule has 0 aliphatic carbocycles. The van der Waals surface area contributed by atoms with Crippen molar-refractivity contribution in [1.82, 2.24) is 5.32 Å². The van der Waals surface area contributed by atoms with E-state index in [1.807, 2.05) is 38.1 Å². The van der Waals surface area contributed by atoms with Crippen molar-refractivity contribution in [3.8, 4) is 5.75 Å². The van der Waals surface area contributed by atoms with Crippen molar-refractivity contribution in [3.05, 3.63) is 59.7 Å². The molecule has 0 unspecified atom stereocenters. The number of carbonyl (C=O) groups excluding carboxylic acids is 2. The van der Waals surface area contributed by atoms with Gasteiger partial charge in [-0.05, 0) is 49.2 Å². The van der Waals surface area contributed by atoms with Crippen molar-refractivity contribution >= 4 is 17.5 Å². The summed E-state index contributed by atoms with van der Waals surface area (Å²) >= 11 is 0. The van der Waals surface area contributed by atoms with Gasteiger partial charge in [0.15, 0.2) is 0 Å². The molecular weight excluding hydrogens is 316 g/mol. The van der Waals surface area contributed by atoms with Gasteiger partial charge >= 0.3 is 0 Å². The molecule has 1 atom stereocenters. The third kappa shape index (κ3) is 5.35. The zero-order chi connectivity index (χ0) is 18.2. The van der Waals surface area contributed by atoms with Gasteiger partial charge in [0, 0.05) is 17.7 Å². The van der Waals surface area contributed by atoms with Crippen molar-refractivity contribution in [3.63, 3.8) is 0 Å². The molecule has 5 nitrogen and oxygen atoms in total. The van der Waals surface area contributed by atoms with E-state index in [2.05, 4.69) is 10.6 Å². The molecule has 0 saturated carbocycles. The minimum absolute atomic E-state index is 0.0511. The highest BCUT2D eigenvalue weighted by Crippen LogP contribution is 2.19. The van der Waals surface area contributed by atoms with Gasteiger partial charge in [-0.25, -0.2) is 0 Å². The maximum atomic E-state index is 12.5. The largest absolute Gasteiger partial charge is 0.497 e. The van der Waals surface area contributed by atoms with E-state index in [1.165, 1.54) is 0 Å². The summed E-state index contributed by atoms with van der Waals surface area (Å²) in [5.41, 5.74) is 2.09. The standard InChI is InChI=1S/C20H24N2O3/c1-4-7-19(23)22-17-10-5-9-16(12-17)20(24)21-14(2)15-8-6-11-18(13-15)25-3/h5-6,8-14H,4,7H2,1-3H3,(H,21,24)(H,22,23)/t14-/m1/s1. The van der Waals surface area contributed by atoms with E-state index < -0.39 is 0 Å². The molecule has 0 saturated heterocycles. The summed E-state index contributed by atoms with van der Waals surface area (Å²) in [4.78, 5) is 24.2. The maximum absolute atomic E-state index is 12.5. The molecule has 132 valence electrons. The lowest BCUT2D eigenvalue weighted by atomic mass is 10.1. The summed E-state index contributed by atoms with van der Waals surface area (Å²) in [6.45, 7) is 3.86. The molecule has 0 bridgehead atoms. The van der Waals surface area contributed by atoms with Crippen LogP contribution in [0.5, 0.6) is 5.75 Å². The second-order valence-electron chi connectivity index (χ2n) is 5.85. The van der Waals surface area contributed by atoms with Gasteiger partial charge in [-0.1, -0.05) is 25.1 Å². The molecule has 0 fully saturated rings. The summed E-state index contributed by atoms with van der Waals surface area (Å²) in [7, 11) is 1.61. The third-order valence-corrected chi connectivity index (χ3v) is 3.83. The van der Waals surface area contributed by atoms with Crippen molar-refractivity contribution < 1.29 is 14.3 Å². The Labute approximate surface area is 148 Å². The van der Waals surface area contributed by atoms with Gasteiger partial charge in [0.1, 0.15) is 5.75 Å². The highest BCUT2D eigenvalue weighted by Gasteiger charge is 2.13. The van der Waals surface area contributed by atoms with Crippen LogP contribution >= 0.6 is 0 Å². The summed E-state index contributed by atoms with van der Waals surface area (Å²) in [6, 6.07) is 14.4. The SMILES string of the molecule is CCCC(=O)Nc1cccc(C(=O)N[C@H](C)c2cccc(OC)c2)c1. The van der Waals surface area contributed by atoms with Crippen LogP contribution in [0, 0.1) is 0 Å². The molecule has 2 N–H and O–H groups in total. The van der Waals surface area contributed by atoms with E-state index in [1.54, 1.807) is 31.4 Å². The Morgan fingerprint density at radius 2 is 1.88 bits per heavy atom. The van der Waals surface area contributed by atoms with E-state index in [0.29, 0.717) is 17.7 Å². The van der Waals surface area contributed by atoms with Gasteiger partial charge in [0.25, 0.3) is 5.91 Å². The quantitative estimate of drug-likeness (QED) is 0.802. The van der Waals surface area contributed by atoms with E-state index >= 15 is 0 Å². The van der Waals surface area contributed by atoms with Crippen LogP contribution in [0.3, 0.4) is 0 Å². The fourth-order valence-corrected chi connectivity index (χ4v) is 2.46. The predicted molar refractivity (Wildman–Crippen MR) is 98.9 cm³/mol. The Morgan fingerprint density at radius 3 is 2.60 bits per heavy atom. The molecule has 0 spiro atoms. The Morgan fingerprint density at radius 1 is 1.12 bits per heavy atom. The van der Waals surface area contributed by atoms with Crippen molar-refractivity contribution in [1.29, 1.82) is 0 Å². The van der Waals surface area contributed by atoms with E-state index in [9.17, 15) is 9.59 Å². The molecule has 2 aromatic carbocycles. The summed E-state index contributed by atoms with van der Waals surface area (Å²) in [5.74, 6) is 0.506. The van der Waals surface area contributed by atoms with E-state index in [4.69, 9.17) is 4.74 Å². The Bertz CT molecular complexity index is 743. The minimum atomic E-state index is -0.193.